The lowest BCUT2D eigenvalue weighted by Crippen LogP contribution is -2.31. The summed E-state index contributed by atoms with van der Waals surface area (Å²) in [6.45, 7) is 1.37. The number of amides is 1. The van der Waals surface area contributed by atoms with E-state index in [2.05, 4.69) is 15.1 Å². The number of hydrogen-bond donors (Lipinski definition) is 3. The monoisotopic (exact) mass is 484 g/mol. The Labute approximate surface area is 194 Å². The van der Waals surface area contributed by atoms with Gasteiger partial charge in [0.25, 0.3) is 5.91 Å². The molecule has 3 N–H and O–H groups in total. The highest BCUT2D eigenvalue weighted by molar-refractivity contribution is 6.17. The average molecular weight is 484 g/mol. The summed E-state index contributed by atoms with van der Waals surface area (Å²) in [5.41, 5.74) is 1.47. The van der Waals surface area contributed by atoms with Crippen molar-refractivity contribution < 1.29 is 27.5 Å². The van der Waals surface area contributed by atoms with Crippen molar-refractivity contribution in [3.63, 3.8) is 0 Å². The maximum Gasteiger partial charge on any atom is 0.504 e. The topological polar surface area (TPSA) is 111 Å². The van der Waals surface area contributed by atoms with Crippen LogP contribution in [0.4, 0.5) is 23.2 Å². The summed E-state index contributed by atoms with van der Waals surface area (Å²) in [7, 11) is 0. The second-order valence-corrected chi connectivity index (χ2v) is 7.95. The molecule has 0 saturated carbocycles. The highest BCUT2D eigenvalue weighted by Crippen LogP contribution is 2.43. The summed E-state index contributed by atoms with van der Waals surface area (Å²) < 4.78 is 53.9. The number of hydrogen-bond acceptors (Lipinski definition) is 5. The number of H-pyrrole nitrogens is 1. The lowest BCUT2D eigenvalue weighted by atomic mass is 9.94. The average Bonchev–Trinajstić information content (AvgIpc) is 3.51. The number of halogens is 4. The maximum atomic E-state index is 15.4. The van der Waals surface area contributed by atoms with Crippen LogP contribution in [0.5, 0.6) is 0 Å². The van der Waals surface area contributed by atoms with E-state index in [1.165, 1.54) is 25.4 Å². The molecule has 0 bridgehead atoms. The number of aliphatic hydroxyl groups is 1. The van der Waals surface area contributed by atoms with E-state index >= 15 is 4.39 Å². The molecular formula is C23H16F4N6O2. The second kappa shape index (κ2) is 7.79. The third kappa shape index (κ3) is 3.63. The molecule has 0 fully saturated rings. The zero-order valence-corrected chi connectivity index (χ0v) is 17.9. The number of alkyl halides is 3. The van der Waals surface area contributed by atoms with Gasteiger partial charge in [0, 0.05) is 34.3 Å². The Kier molecular flexibility index (Phi) is 4.97. The number of nitrogens with one attached hydrogen (secondary N) is 2. The van der Waals surface area contributed by atoms with E-state index in [9.17, 15) is 23.1 Å². The number of carbonyl (C=O) groups excluding carboxylic acids is 1. The van der Waals surface area contributed by atoms with Crippen LogP contribution in [0.15, 0.2) is 66.5 Å². The molecule has 0 radical (unpaired) electrons. The van der Waals surface area contributed by atoms with Gasteiger partial charge in [-0.05, 0) is 36.8 Å². The normalized spacial score (nSPS) is 16.5. The molecule has 35 heavy (non-hydrogen) atoms. The van der Waals surface area contributed by atoms with Crippen LogP contribution in [0.25, 0.3) is 22.2 Å². The van der Waals surface area contributed by atoms with Gasteiger partial charge in [0.2, 0.25) is 0 Å². The maximum absolute atomic E-state index is 15.4. The van der Waals surface area contributed by atoms with Gasteiger partial charge in [0.1, 0.15) is 5.82 Å². The largest absolute Gasteiger partial charge is 0.504 e. The number of fused-ring (bicyclic) bond motifs is 1. The standard InChI is InChI=1S/C23H16F4N6O2/c1-11(28)19-20(33(22(35)21(19)34)14-3-5-17-18(7-14)30-10-29-17)15-4-2-12(6-16(15)24)13-8-31-32(9-13)23(25,26)27/h2-10,20,28,34H,1H3,(H,29,30). The van der Waals surface area contributed by atoms with Crippen molar-refractivity contribution in [3.8, 4) is 11.1 Å². The van der Waals surface area contributed by atoms with Crippen molar-refractivity contribution in [3.05, 3.63) is 77.8 Å². The van der Waals surface area contributed by atoms with Gasteiger partial charge in [-0.15, -0.1) is 13.2 Å². The number of aromatic nitrogens is 4. The molecular weight excluding hydrogens is 468 g/mol. The molecule has 2 aromatic carbocycles. The molecule has 2 aromatic heterocycles. The molecule has 4 aromatic rings. The van der Waals surface area contributed by atoms with E-state index in [1.807, 2.05) is 0 Å². The smallest absolute Gasteiger partial charge is 0.503 e. The van der Waals surface area contributed by atoms with E-state index in [-0.39, 0.29) is 32.7 Å². The molecule has 1 amide bonds. The van der Waals surface area contributed by atoms with E-state index < -0.39 is 29.8 Å². The summed E-state index contributed by atoms with van der Waals surface area (Å²) in [4.78, 5) is 21.3. The number of carbonyl (C=O) groups is 1. The zero-order valence-electron chi connectivity index (χ0n) is 17.9. The molecule has 0 aliphatic carbocycles. The summed E-state index contributed by atoms with van der Waals surface area (Å²) in [5, 5.41) is 21.9. The van der Waals surface area contributed by atoms with Crippen molar-refractivity contribution in [2.75, 3.05) is 4.90 Å². The number of anilines is 1. The fraction of sp³-hybridized carbons (Fsp3) is 0.130. The van der Waals surface area contributed by atoms with E-state index in [0.717, 1.165) is 23.4 Å². The molecule has 0 saturated heterocycles. The molecule has 178 valence electrons. The lowest BCUT2D eigenvalue weighted by Gasteiger charge is -2.27. The van der Waals surface area contributed by atoms with Crippen molar-refractivity contribution in [1.82, 2.24) is 19.7 Å². The first-order chi connectivity index (χ1) is 16.6. The van der Waals surface area contributed by atoms with Gasteiger partial charge in [0.15, 0.2) is 5.76 Å². The number of rotatable bonds is 4. The van der Waals surface area contributed by atoms with Crippen LogP contribution in [-0.4, -0.2) is 36.5 Å². The van der Waals surface area contributed by atoms with Crippen LogP contribution in [0.3, 0.4) is 0 Å². The highest BCUT2D eigenvalue weighted by atomic mass is 19.4. The fourth-order valence-corrected chi connectivity index (χ4v) is 4.16. The molecule has 3 heterocycles. The Bertz CT molecular complexity index is 1530. The molecule has 1 atom stereocenters. The zero-order chi connectivity index (χ0) is 25.1. The second-order valence-electron chi connectivity index (χ2n) is 7.95. The number of benzene rings is 2. The third-order valence-corrected chi connectivity index (χ3v) is 5.77. The Balaban J connectivity index is 1.61. The minimum atomic E-state index is -4.71. The van der Waals surface area contributed by atoms with E-state index in [1.54, 1.807) is 18.2 Å². The first kappa shape index (κ1) is 22.3. The Morgan fingerprint density at radius 2 is 1.94 bits per heavy atom. The SMILES string of the molecule is CC(=N)C1=C(O)C(=O)N(c2ccc3[nH]cnc3c2)C1c1ccc(-c2cnn(C(F)(F)F)c2)cc1F. The molecule has 5 rings (SSSR count). The van der Waals surface area contributed by atoms with Crippen LogP contribution in [-0.2, 0) is 11.1 Å². The van der Waals surface area contributed by atoms with Gasteiger partial charge in [-0.25, -0.2) is 9.37 Å². The Morgan fingerprint density at radius 3 is 2.60 bits per heavy atom. The fourth-order valence-electron chi connectivity index (χ4n) is 4.16. The Hall–Kier alpha value is -4.48. The van der Waals surface area contributed by atoms with Crippen LogP contribution < -0.4 is 4.90 Å². The van der Waals surface area contributed by atoms with Crippen molar-refractivity contribution in [1.29, 1.82) is 5.41 Å². The number of aliphatic hydroxyl groups excluding tert-OH is 1. The first-order valence-electron chi connectivity index (χ1n) is 10.2. The minimum absolute atomic E-state index is 0.0398. The van der Waals surface area contributed by atoms with Gasteiger partial charge in [-0.3, -0.25) is 9.69 Å². The van der Waals surface area contributed by atoms with Crippen LogP contribution in [0.2, 0.25) is 0 Å². The molecule has 8 nitrogen and oxygen atoms in total. The molecule has 1 aliphatic rings. The van der Waals surface area contributed by atoms with E-state index in [0.29, 0.717) is 16.7 Å². The third-order valence-electron chi connectivity index (χ3n) is 5.77. The Morgan fingerprint density at radius 1 is 1.17 bits per heavy atom. The summed E-state index contributed by atoms with van der Waals surface area (Å²) in [5.74, 6) is -2.33. The van der Waals surface area contributed by atoms with Crippen LogP contribution in [0, 0.1) is 11.2 Å². The number of aromatic amines is 1. The summed E-state index contributed by atoms with van der Waals surface area (Å²) in [6, 6.07) is 7.41. The van der Waals surface area contributed by atoms with Crippen molar-refractivity contribution in [2.24, 2.45) is 0 Å². The molecule has 1 aliphatic heterocycles. The number of imidazole rings is 1. The molecule has 1 unspecified atom stereocenters. The number of nitrogens with zero attached hydrogens (tertiary/aromatic N) is 4. The summed E-state index contributed by atoms with van der Waals surface area (Å²) in [6.07, 6.45) is -1.54. The van der Waals surface area contributed by atoms with E-state index in [4.69, 9.17) is 5.41 Å². The lowest BCUT2D eigenvalue weighted by molar-refractivity contribution is -0.212. The first-order valence-corrected chi connectivity index (χ1v) is 10.2. The molecule has 0 spiro atoms. The predicted molar refractivity (Wildman–Crippen MR) is 118 cm³/mol. The molecule has 12 heteroatoms. The summed E-state index contributed by atoms with van der Waals surface area (Å²) >= 11 is 0. The van der Waals surface area contributed by atoms with Gasteiger partial charge in [-0.2, -0.15) is 9.78 Å². The minimum Gasteiger partial charge on any atom is -0.503 e. The van der Waals surface area contributed by atoms with Gasteiger partial charge >= 0.3 is 6.30 Å². The van der Waals surface area contributed by atoms with Gasteiger partial charge < -0.3 is 15.5 Å². The highest BCUT2D eigenvalue weighted by Gasteiger charge is 2.43. The van der Waals surface area contributed by atoms with Crippen LogP contribution >= 0.6 is 0 Å². The quantitative estimate of drug-likeness (QED) is 0.280. The van der Waals surface area contributed by atoms with Gasteiger partial charge in [-0.1, -0.05) is 12.1 Å². The van der Waals surface area contributed by atoms with Crippen molar-refractivity contribution >= 4 is 28.3 Å². The predicted octanol–water partition coefficient (Wildman–Crippen LogP) is 4.98. The van der Waals surface area contributed by atoms with Gasteiger partial charge in [0.05, 0.1) is 29.6 Å². The van der Waals surface area contributed by atoms with Crippen LogP contribution in [0.1, 0.15) is 18.5 Å². The van der Waals surface area contributed by atoms with Crippen molar-refractivity contribution in [2.45, 2.75) is 19.3 Å².